The van der Waals surface area contributed by atoms with Gasteiger partial charge in [0.1, 0.15) is 0 Å². The fourth-order valence-electron chi connectivity index (χ4n) is 3.38. The van der Waals surface area contributed by atoms with Crippen LogP contribution in [0.2, 0.25) is 0 Å². The first kappa shape index (κ1) is 15.7. The van der Waals surface area contributed by atoms with Gasteiger partial charge in [0.2, 0.25) is 0 Å². The predicted molar refractivity (Wildman–Crippen MR) is 80.6 cm³/mol. The van der Waals surface area contributed by atoms with E-state index in [1.165, 1.54) is 12.8 Å². The van der Waals surface area contributed by atoms with Crippen LogP contribution in [0.3, 0.4) is 0 Å². The van der Waals surface area contributed by atoms with Gasteiger partial charge in [-0.1, -0.05) is 26.7 Å². The molecule has 0 aliphatic heterocycles. The fraction of sp³-hybridized carbons (Fsp3) is 0.688. The van der Waals surface area contributed by atoms with Crippen LogP contribution in [0.4, 0.5) is 0 Å². The minimum absolute atomic E-state index is 0.0513. The van der Waals surface area contributed by atoms with Crippen molar-refractivity contribution in [3.8, 4) is 0 Å². The molecule has 21 heavy (non-hydrogen) atoms. The van der Waals surface area contributed by atoms with E-state index in [2.05, 4.69) is 4.98 Å². The molecule has 0 radical (unpaired) electrons. The van der Waals surface area contributed by atoms with Crippen molar-refractivity contribution < 1.29 is 9.90 Å². The van der Waals surface area contributed by atoms with Gasteiger partial charge in [-0.05, 0) is 31.6 Å². The zero-order valence-electron chi connectivity index (χ0n) is 12.9. The first-order chi connectivity index (χ1) is 10.1. The minimum atomic E-state index is -0.868. The maximum atomic E-state index is 12.3. The molecule has 1 fully saturated rings. The zero-order valence-corrected chi connectivity index (χ0v) is 12.9. The standard InChI is InChI=1S/C16H24N2O3/c1-3-13-12(9-15(19)20)14(4-2)18(16(21)17-13)10-11-7-5-6-8-11/h11H,3-10H2,1-2H3,(H,19,20). The van der Waals surface area contributed by atoms with Gasteiger partial charge in [0.15, 0.2) is 0 Å². The third-order valence-corrected chi connectivity index (χ3v) is 4.40. The Morgan fingerprint density at radius 2 is 1.95 bits per heavy atom. The molecule has 0 bridgehead atoms. The molecule has 116 valence electrons. The summed E-state index contributed by atoms with van der Waals surface area (Å²) in [7, 11) is 0. The van der Waals surface area contributed by atoms with Crippen molar-refractivity contribution in [1.82, 2.24) is 9.55 Å². The minimum Gasteiger partial charge on any atom is -0.481 e. The summed E-state index contributed by atoms with van der Waals surface area (Å²) in [6, 6.07) is 0. The number of aryl methyl sites for hydroxylation is 1. The highest BCUT2D eigenvalue weighted by molar-refractivity contribution is 5.71. The molecule has 0 spiro atoms. The quantitative estimate of drug-likeness (QED) is 0.872. The first-order valence-corrected chi connectivity index (χ1v) is 7.90. The summed E-state index contributed by atoms with van der Waals surface area (Å²) in [5, 5.41) is 9.14. The van der Waals surface area contributed by atoms with Gasteiger partial charge in [0.25, 0.3) is 0 Å². The molecule has 1 aromatic rings. The Morgan fingerprint density at radius 3 is 2.48 bits per heavy atom. The summed E-state index contributed by atoms with van der Waals surface area (Å²) >= 11 is 0. The molecule has 1 aromatic heterocycles. The summed E-state index contributed by atoms with van der Waals surface area (Å²) in [5.74, 6) is -0.341. The van der Waals surface area contributed by atoms with E-state index in [0.717, 1.165) is 24.1 Å². The van der Waals surface area contributed by atoms with E-state index < -0.39 is 5.97 Å². The van der Waals surface area contributed by atoms with Crippen LogP contribution < -0.4 is 5.69 Å². The Hall–Kier alpha value is -1.65. The second kappa shape index (κ2) is 6.87. The van der Waals surface area contributed by atoms with Crippen molar-refractivity contribution in [1.29, 1.82) is 0 Å². The molecule has 5 heteroatoms. The Bertz CT molecular complexity index is 572. The van der Waals surface area contributed by atoms with Gasteiger partial charge in [-0.25, -0.2) is 4.79 Å². The normalized spacial score (nSPS) is 15.5. The third-order valence-electron chi connectivity index (χ3n) is 4.40. The second-order valence-corrected chi connectivity index (χ2v) is 5.81. The summed E-state index contributed by atoms with van der Waals surface area (Å²) in [6.45, 7) is 4.57. The molecule has 1 heterocycles. The van der Waals surface area contributed by atoms with E-state index in [1.54, 1.807) is 4.57 Å². The SMILES string of the molecule is CCc1nc(=O)n(CC2CCCC2)c(CC)c1CC(=O)O. The lowest BCUT2D eigenvalue weighted by Gasteiger charge is -2.19. The number of aliphatic carboxylic acids is 1. The predicted octanol–water partition coefficient (Wildman–Crippen LogP) is 2.19. The van der Waals surface area contributed by atoms with E-state index in [0.29, 0.717) is 31.0 Å². The number of hydrogen-bond acceptors (Lipinski definition) is 3. The molecule has 0 atom stereocenters. The molecular weight excluding hydrogens is 268 g/mol. The molecule has 0 aromatic carbocycles. The van der Waals surface area contributed by atoms with E-state index in [4.69, 9.17) is 5.11 Å². The second-order valence-electron chi connectivity index (χ2n) is 5.81. The van der Waals surface area contributed by atoms with Crippen LogP contribution in [0.15, 0.2) is 4.79 Å². The van der Waals surface area contributed by atoms with Gasteiger partial charge in [-0.15, -0.1) is 0 Å². The smallest absolute Gasteiger partial charge is 0.348 e. The van der Waals surface area contributed by atoms with Crippen LogP contribution in [-0.4, -0.2) is 20.6 Å². The number of hydrogen-bond donors (Lipinski definition) is 1. The van der Waals surface area contributed by atoms with Crippen LogP contribution in [0.5, 0.6) is 0 Å². The zero-order chi connectivity index (χ0) is 15.4. The highest BCUT2D eigenvalue weighted by Gasteiger charge is 2.21. The largest absolute Gasteiger partial charge is 0.481 e. The Morgan fingerprint density at radius 1 is 1.29 bits per heavy atom. The lowest BCUT2D eigenvalue weighted by Crippen LogP contribution is -2.32. The highest BCUT2D eigenvalue weighted by atomic mass is 16.4. The summed E-state index contributed by atoms with van der Waals surface area (Å²) < 4.78 is 1.73. The Labute approximate surface area is 125 Å². The molecule has 5 nitrogen and oxygen atoms in total. The van der Waals surface area contributed by atoms with Crippen molar-refractivity contribution in [3.63, 3.8) is 0 Å². The lowest BCUT2D eigenvalue weighted by molar-refractivity contribution is -0.136. The van der Waals surface area contributed by atoms with Gasteiger partial charge in [0.05, 0.1) is 12.1 Å². The molecule has 0 unspecified atom stereocenters. The number of carboxylic acid groups (broad SMARTS) is 1. The van der Waals surface area contributed by atoms with Crippen molar-refractivity contribution in [2.45, 2.75) is 65.3 Å². The van der Waals surface area contributed by atoms with Gasteiger partial charge in [-0.2, -0.15) is 4.98 Å². The summed E-state index contributed by atoms with van der Waals surface area (Å²) in [4.78, 5) is 27.6. The lowest BCUT2D eigenvalue weighted by atomic mass is 10.0. The molecule has 0 saturated heterocycles. The van der Waals surface area contributed by atoms with E-state index in [1.807, 2.05) is 13.8 Å². The summed E-state index contributed by atoms with van der Waals surface area (Å²) in [5.41, 5.74) is 2.03. The molecule has 0 amide bonds. The molecular formula is C16H24N2O3. The first-order valence-electron chi connectivity index (χ1n) is 7.90. The fourth-order valence-corrected chi connectivity index (χ4v) is 3.38. The maximum absolute atomic E-state index is 12.3. The molecule has 1 saturated carbocycles. The van der Waals surface area contributed by atoms with E-state index >= 15 is 0 Å². The number of nitrogens with zero attached hydrogens (tertiary/aromatic N) is 2. The van der Waals surface area contributed by atoms with E-state index in [9.17, 15) is 9.59 Å². The van der Waals surface area contributed by atoms with Gasteiger partial charge in [0, 0.05) is 17.8 Å². The number of rotatable bonds is 6. The monoisotopic (exact) mass is 292 g/mol. The van der Waals surface area contributed by atoms with Crippen LogP contribution in [0.1, 0.15) is 56.5 Å². The number of carboxylic acids is 1. The third kappa shape index (κ3) is 3.52. The number of aromatic nitrogens is 2. The van der Waals surface area contributed by atoms with Gasteiger partial charge < -0.3 is 5.11 Å². The van der Waals surface area contributed by atoms with Crippen molar-refractivity contribution in [2.75, 3.05) is 0 Å². The van der Waals surface area contributed by atoms with Crippen molar-refractivity contribution >= 4 is 5.97 Å². The Kier molecular flexibility index (Phi) is 5.15. The van der Waals surface area contributed by atoms with Gasteiger partial charge >= 0.3 is 11.7 Å². The molecule has 1 aliphatic rings. The number of carbonyl (C=O) groups is 1. The molecule has 1 N–H and O–H groups in total. The van der Waals surface area contributed by atoms with Crippen LogP contribution in [-0.2, 0) is 30.6 Å². The van der Waals surface area contributed by atoms with Crippen molar-refractivity contribution in [3.05, 3.63) is 27.4 Å². The summed E-state index contributed by atoms with van der Waals surface area (Å²) in [6.07, 6.45) is 5.96. The van der Waals surface area contributed by atoms with Crippen LogP contribution in [0, 0.1) is 5.92 Å². The maximum Gasteiger partial charge on any atom is 0.348 e. The van der Waals surface area contributed by atoms with Gasteiger partial charge in [-0.3, -0.25) is 9.36 Å². The topological polar surface area (TPSA) is 72.2 Å². The molecule has 2 rings (SSSR count). The van der Waals surface area contributed by atoms with Crippen LogP contribution in [0.25, 0.3) is 0 Å². The molecule has 1 aliphatic carbocycles. The van der Waals surface area contributed by atoms with Crippen LogP contribution >= 0.6 is 0 Å². The average Bonchev–Trinajstić information content (AvgIpc) is 2.94. The van der Waals surface area contributed by atoms with Crippen molar-refractivity contribution in [2.24, 2.45) is 5.92 Å². The highest BCUT2D eigenvalue weighted by Crippen LogP contribution is 2.26. The Balaban J connectivity index is 2.46. The van der Waals surface area contributed by atoms with E-state index in [-0.39, 0.29) is 12.1 Å². The average molecular weight is 292 g/mol.